The summed E-state index contributed by atoms with van der Waals surface area (Å²) < 4.78 is 28.2. The molecule has 2 amide bonds. The van der Waals surface area contributed by atoms with Gasteiger partial charge in [0.15, 0.2) is 0 Å². The van der Waals surface area contributed by atoms with E-state index in [1.54, 1.807) is 30.3 Å². The number of amides is 2. The Morgan fingerprint density at radius 1 is 1.00 bits per heavy atom. The van der Waals surface area contributed by atoms with E-state index in [2.05, 4.69) is 10.6 Å². The molecule has 0 radical (unpaired) electrons. The third kappa shape index (κ3) is 4.46. The molecule has 4 rings (SSSR count). The smallest absolute Gasteiger partial charge is 0.265 e. The third-order valence-corrected chi connectivity index (χ3v) is 7.10. The molecular formula is C23H20ClN3O4S. The van der Waals surface area contributed by atoms with Gasteiger partial charge < -0.3 is 10.6 Å². The number of hydrogen-bond donors (Lipinski definition) is 2. The van der Waals surface area contributed by atoms with Crippen molar-refractivity contribution in [2.45, 2.75) is 23.9 Å². The fourth-order valence-corrected chi connectivity index (χ4v) is 5.45. The summed E-state index contributed by atoms with van der Waals surface area (Å²) in [7, 11) is -4.18. The number of anilines is 2. The van der Waals surface area contributed by atoms with E-state index in [4.69, 9.17) is 11.6 Å². The number of rotatable bonds is 6. The van der Waals surface area contributed by atoms with Crippen molar-refractivity contribution in [1.82, 2.24) is 5.32 Å². The molecule has 0 bridgehead atoms. The molecule has 1 aliphatic heterocycles. The van der Waals surface area contributed by atoms with E-state index in [9.17, 15) is 18.0 Å². The Morgan fingerprint density at radius 2 is 1.72 bits per heavy atom. The average molecular weight is 470 g/mol. The Bertz CT molecular complexity index is 1260. The molecule has 3 aromatic carbocycles. The highest BCUT2D eigenvalue weighted by molar-refractivity contribution is 7.93. The lowest BCUT2D eigenvalue weighted by molar-refractivity contribution is -0.125. The number of para-hydroxylation sites is 2. The first-order valence-electron chi connectivity index (χ1n) is 9.87. The van der Waals surface area contributed by atoms with Crippen molar-refractivity contribution in [1.29, 1.82) is 0 Å². The minimum absolute atomic E-state index is 0.0656. The SMILES string of the molecule is O=C(CC1C(=O)Nc2ccccc2N1S(=O)(=O)c1cccc(Cl)c1)NCc1ccccc1. The van der Waals surface area contributed by atoms with E-state index in [0.29, 0.717) is 5.69 Å². The van der Waals surface area contributed by atoms with Gasteiger partial charge in [0.05, 0.1) is 22.7 Å². The molecule has 0 aliphatic carbocycles. The summed E-state index contributed by atoms with van der Waals surface area (Å²) in [5.74, 6) is -1.02. The number of carbonyl (C=O) groups excluding carboxylic acids is 2. The minimum atomic E-state index is -4.18. The van der Waals surface area contributed by atoms with Gasteiger partial charge in [-0.05, 0) is 35.9 Å². The predicted molar refractivity (Wildman–Crippen MR) is 123 cm³/mol. The normalized spacial score (nSPS) is 15.6. The van der Waals surface area contributed by atoms with Gasteiger partial charge in [-0.15, -0.1) is 0 Å². The molecule has 0 fully saturated rings. The topological polar surface area (TPSA) is 95.6 Å². The Kier molecular flexibility index (Phi) is 6.16. The molecule has 7 nitrogen and oxygen atoms in total. The van der Waals surface area contributed by atoms with Crippen molar-refractivity contribution in [2.24, 2.45) is 0 Å². The highest BCUT2D eigenvalue weighted by Crippen LogP contribution is 2.37. The van der Waals surface area contributed by atoms with E-state index >= 15 is 0 Å². The minimum Gasteiger partial charge on any atom is -0.352 e. The Labute approximate surface area is 191 Å². The fraction of sp³-hybridized carbons (Fsp3) is 0.130. The molecule has 0 saturated heterocycles. The Balaban J connectivity index is 1.66. The van der Waals surface area contributed by atoms with Gasteiger partial charge in [0, 0.05) is 11.6 Å². The summed E-state index contributed by atoms with van der Waals surface area (Å²) in [6, 6.07) is 20.4. The van der Waals surface area contributed by atoms with Crippen LogP contribution in [0.4, 0.5) is 11.4 Å². The summed E-state index contributed by atoms with van der Waals surface area (Å²) >= 11 is 6.01. The van der Waals surface area contributed by atoms with Crippen LogP contribution in [0.15, 0.2) is 83.8 Å². The monoisotopic (exact) mass is 469 g/mol. The lowest BCUT2D eigenvalue weighted by Gasteiger charge is -2.36. The molecule has 1 atom stereocenters. The molecule has 164 valence electrons. The van der Waals surface area contributed by atoms with Crippen LogP contribution in [0.3, 0.4) is 0 Å². The number of nitrogens with one attached hydrogen (secondary N) is 2. The lowest BCUT2D eigenvalue weighted by atomic mass is 10.1. The maximum absolute atomic E-state index is 13.6. The van der Waals surface area contributed by atoms with E-state index in [-0.39, 0.29) is 28.6 Å². The summed E-state index contributed by atoms with van der Waals surface area (Å²) in [5.41, 5.74) is 1.53. The van der Waals surface area contributed by atoms with Crippen molar-refractivity contribution in [3.05, 3.63) is 89.4 Å². The second-order valence-electron chi connectivity index (χ2n) is 7.25. The molecule has 0 spiro atoms. The maximum Gasteiger partial charge on any atom is 0.265 e. The van der Waals surface area contributed by atoms with Gasteiger partial charge in [-0.1, -0.05) is 60.1 Å². The number of carbonyl (C=O) groups is 2. The van der Waals surface area contributed by atoms with Crippen LogP contribution < -0.4 is 14.9 Å². The van der Waals surface area contributed by atoms with E-state index < -0.39 is 27.9 Å². The predicted octanol–water partition coefficient (Wildman–Crippen LogP) is 3.56. The molecule has 0 saturated carbocycles. The zero-order valence-electron chi connectivity index (χ0n) is 16.9. The zero-order valence-corrected chi connectivity index (χ0v) is 18.4. The van der Waals surface area contributed by atoms with Gasteiger partial charge in [-0.3, -0.25) is 13.9 Å². The van der Waals surface area contributed by atoms with Crippen molar-refractivity contribution in [2.75, 3.05) is 9.62 Å². The lowest BCUT2D eigenvalue weighted by Crippen LogP contribution is -2.52. The van der Waals surface area contributed by atoms with Gasteiger partial charge in [0.2, 0.25) is 11.8 Å². The van der Waals surface area contributed by atoms with Gasteiger partial charge in [0.25, 0.3) is 10.0 Å². The van der Waals surface area contributed by atoms with Crippen molar-refractivity contribution in [3.8, 4) is 0 Å². The van der Waals surface area contributed by atoms with Gasteiger partial charge in [-0.2, -0.15) is 0 Å². The third-order valence-electron chi connectivity index (χ3n) is 5.05. The van der Waals surface area contributed by atoms with Crippen LogP contribution in [0.5, 0.6) is 0 Å². The zero-order chi connectivity index (χ0) is 22.7. The van der Waals surface area contributed by atoms with E-state index in [1.165, 1.54) is 18.2 Å². The van der Waals surface area contributed by atoms with Crippen LogP contribution in [0, 0.1) is 0 Å². The molecule has 32 heavy (non-hydrogen) atoms. The van der Waals surface area contributed by atoms with Crippen LogP contribution in [0.1, 0.15) is 12.0 Å². The number of halogens is 1. The van der Waals surface area contributed by atoms with Gasteiger partial charge in [-0.25, -0.2) is 8.42 Å². The van der Waals surface area contributed by atoms with Crippen LogP contribution >= 0.6 is 11.6 Å². The number of benzene rings is 3. The van der Waals surface area contributed by atoms with Crippen LogP contribution in [0.2, 0.25) is 5.02 Å². The summed E-state index contributed by atoms with van der Waals surface area (Å²) in [6.45, 7) is 0.269. The van der Waals surface area contributed by atoms with E-state index in [0.717, 1.165) is 9.87 Å². The molecule has 3 aromatic rings. The molecule has 0 aromatic heterocycles. The highest BCUT2D eigenvalue weighted by Gasteiger charge is 2.42. The quantitative estimate of drug-likeness (QED) is 0.577. The number of nitrogens with zero attached hydrogens (tertiary/aromatic N) is 1. The second-order valence-corrected chi connectivity index (χ2v) is 9.50. The van der Waals surface area contributed by atoms with Crippen molar-refractivity contribution >= 4 is 44.8 Å². The van der Waals surface area contributed by atoms with Crippen LogP contribution in [-0.2, 0) is 26.2 Å². The Hall–Kier alpha value is -3.36. The molecule has 1 unspecified atom stereocenters. The number of fused-ring (bicyclic) bond motifs is 1. The summed E-state index contributed by atoms with van der Waals surface area (Å²) in [5, 5.41) is 5.70. The molecule has 1 aliphatic rings. The molecule has 1 heterocycles. The van der Waals surface area contributed by atoms with E-state index in [1.807, 2.05) is 30.3 Å². The molecule has 9 heteroatoms. The first-order valence-corrected chi connectivity index (χ1v) is 11.7. The first kappa shape index (κ1) is 21.9. The number of sulfonamides is 1. The van der Waals surface area contributed by atoms with Crippen molar-refractivity contribution in [3.63, 3.8) is 0 Å². The largest absolute Gasteiger partial charge is 0.352 e. The van der Waals surface area contributed by atoms with Crippen LogP contribution in [-0.4, -0.2) is 26.3 Å². The van der Waals surface area contributed by atoms with Crippen molar-refractivity contribution < 1.29 is 18.0 Å². The second kappa shape index (κ2) is 9.02. The first-order chi connectivity index (χ1) is 15.4. The highest BCUT2D eigenvalue weighted by atomic mass is 35.5. The standard InChI is InChI=1S/C23H20ClN3O4S/c24-17-9-6-10-18(13-17)32(30,31)27-20-12-5-4-11-19(20)26-23(29)21(27)14-22(28)25-15-16-7-2-1-3-8-16/h1-13,21H,14-15H2,(H,25,28)(H,26,29). The molecular weight excluding hydrogens is 450 g/mol. The summed E-state index contributed by atoms with van der Waals surface area (Å²) in [6.07, 6.45) is -0.340. The average Bonchev–Trinajstić information content (AvgIpc) is 2.78. The Morgan fingerprint density at radius 3 is 2.47 bits per heavy atom. The summed E-state index contributed by atoms with van der Waals surface area (Å²) in [4.78, 5) is 25.5. The molecule has 2 N–H and O–H groups in total. The number of hydrogen-bond acceptors (Lipinski definition) is 4. The van der Waals surface area contributed by atoms with Gasteiger partial charge >= 0.3 is 0 Å². The fourth-order valence-electron chi connectivity index (χ4n) is 3.52. The van der Waals surface area contributed by atoms with Crippen LogP contribution in [0.25, 0.3) is 0 Å². The maximum atomic E-state index is 13.6. The van der Waals surface area contributed by atoms with Gasteiger partial charge in [0.1, 0.15) is 6.04 Å².